The Morgan fingerprint density at radius 1 is 0.906 bits per heavy atom. The zero-order chi connectivity index (χ0) is 22.9. The molecular weight excluding hydrogens is 425 g/mol. The first-order valence-electron chi connectivity index (χ1n) is 10.5. The minimum absolute atomic E-state index is 0.0830. The number of carbonyl (C=O) groups excluding carboxylic acids is 1. The van der Waals surface area contributed by atoms with Crippen LogP contribution in [-0.2, 0) is 6.18 Å². The van der Waals surface area contributed by atoms with Crippen molar-refractivity contribution >= 4 is 23.0 Å². The maximum atomic E-state index is 13.0. The van der Waals surface area contributed by atoms with Crippen LogP contribution < -0.4 is 9.80 Å². The molecule has 2 heterocycles. The van der Waals surface area contributed by atoms with Crippen molar-refractivity contribution in [2.24, 2.45) is 0 Å². The molecule has 0 bridgehead atoms. The largest absolute Gasteiger partial charge is 0.416 e. The number of nitro groups is 1. The Kier molecular flexibility index (Phi) is 5.94. The van der Waals surface area contributed by atoms with E-state index in [-0.39, 0.29) is 17.2 Å². The number of rotatable bonds is 4. The summed E-state index contributed by atoms with van der Waals surface area (Å²) in [6, 6.07) is 9.71. The lowest BCUT2D eigenvalue weighted by molar-refractivity contribution is -0.384. The third-order valence-corrected chi connectivity index (χ3v) is 5.97. The molecule has 0 radical (unpaired) electrons. The summed E-state index contributed by atoms with van der Waals surface area (Å²) in [4.78, 5) is 29.4. The molecule has 2 aliphatic heterocycles. The summed E-state index contributed by atoms with van der Waals surface area (Å²) in [6.07, 6.45) is -2.45. The SMILES string of the molecule is O=C(c1ccc(N2CCCC2)c([N+](=O)[O-])c1)N1CCN(c2cccc(C(F)(F)F)c2)CC1. The molecule has 0 aromatic heterocycles. The van der Waals surface area contributed by atoms with E-state index in [9.17, 15) is 28.1 Å². The van der Waals surface area contributed by atoms with Crippen molar-refractivity contribution in [2.45, 2.75) is 19.0 Å². The van der Waals surface area contributed by atoms with Gasteiger partial charge in [0.05, 0.1) is 10.5 Å². The van der Waals surface area contributed by atoms with Gasteiger partial charge in [0, 0.05) is 56.6 Å². The molecule has 2 saturated heterocycles. The average Bonchev–Trinajstić information content (AvgIpc) is 3.32. The van der Waals surface area contributed by atoms with E-state index in [1.807, 2.05) is 4.90 Å². The topological polar surface area (TPSA) is 69.9 Å². The van der Waals surface area contributed by atoms with E-state index in [0.717, 1.165) is 38.1 Å². The maximum Gasteiger partial charge on any atom is 0.416 e. The van der Waals surface area contributed by atoms with Crippen LogP contribution in [-0.4, -0.2) is 55.0 Å². The van der Waals surface area contributed by atoms with Crippen LogP contribution in [0.15, 0.2) is 42.5 Å². The van der Waals surface area contributed by atoms with Gasteiger partial charge in [0.15, 0.2) is 0 Å². The highest BCUT2D eigenvalue weighted by Crippen LogP contribution is 2.33. The van der Waals surface area contributed by atoms with E-state index in [1.54, 1.807) is 28.0 Å². The summed E-state index contributed by atoms with van der Waals surface area (Å²) in [6.45, 7) is 2.90. The second kappa shape index (κ2) is 8.68. The molecule has 32 heavy (non-hydrogen) atoms. The Morgan fingerprint density at radius 3 is 2.22 bits per heavy atom. The average molecular weight is 448 g/mol. The lowest BCUT2D eigenvalue weighted by Gasteiger charge is -2.36. The second-order valence-electron chi connectivity index (χ2n) is 7.98. The van der Waals surface area contributed by atoms with E-state index >= 15 is 0 Å². The van der Waals surface area contributed by atoms with Crippen molar-refractivity contribution in [2.75, 3.05) is 49.1 Å². The van der Waals surface area contributed by atoms with E-state index in [0.29, 0.717) is 37.6 Å². The number of halogens is 3. The number of hydrogen-bond donors (Lipinski definition) is 0. The molecule has 7 nitrogen and oxygen atoms in total. The number of nitro benzene ring substituents is 1. The molecule has 2 aliphatic rings. The van der Waals surface area contributed by atoms with Crippen molar-refractivity contribution in [1.29, 1.82) is 0 Å². The van der Waals surface area contributed by atoms with E-state index in [4.69, 9.17) is 0 Å². The summed E-state index contributed by atoms with van der Waals surface area (Å²) in [7, 11) is 0. The fraction of sp³-hybridized carbons (Fsp3) is 0.409. The Labute approximate surface area is 183 Å². The number of benzene rings is 2. The molecule has 2 aromatic carbocycles. The van der Waals surface area contributed by atoms with Gasteiger partial charge in [0.2, 0.25) is 0 Å². The minimum Gasteiger partial charge on any atom is -0.368 e. The van der Waals surface area contributed by atoms with Crippen molar-refractivity contribution in [3.05, 3.63) is 63.7 Å². The van der Waals surface area contributed by atoms with Crippen LogP contribution in [0.25, 0.3) is 0 Å². The third-order valence-electron chi connectivity index (χ3n) is 5.97. The van der Waals surface area contributed by atoms with Gasteiger partial charge in [0.1, 0.15) is 5.69 Å². The van der Waals surface area contributed by atoms with Gasteiger partial charge in [-0.2, -0.15) is 13.2 Å². The number of anilines is 2. The zero-order valence-electron chi connectivity index (χ0n) is 17.3. The standard InChI is InChI=1S/C22H23F3N4O3/c23-22(24,25)17-4-3-5-18(15-17)26-10-12-28(13-11-26)21(30)16-6-7-19(20(14-16)29(31)32)27-8-1-2-9-27/h3-7,14-15H,1-2,8-13H2. The fourth-order valence-electron chi connectivity index (χ4n) is 4.26. The van der Waals surface area contributed by atoms with Gasteiger partial charge < -0.3 is 14.7 Å². The third kappa shape index (κ3) is 4.49. The van der Waals surface area contributed by atoms with Crippen LogP contribution in [0.5, 0.6) is 0 Å². The maximum absolute atomic E-state index is 13.0. The first-order valence-corrected chi connectivity index (χ1v) is 10.5. The molecule has 0 N–H and O–H groups in total. The highest BCUT2D eigenvalue weighted by Gasteiger charge is 2.32. The quantitative estimate of drug-likeness (QED) is 0.519. The minimum atomic E-state index is -4.41. The number of nitrogens with zero attached hydrogens (tertiary/aromatic N) is 4. The highest BCUT2D eigenvalue weighted by molar-refractivity contribution is 5.96. The lowest BCUT2D eigenvalue weighted by Crippen LogP contribution is -2.48. The summed E-state index contributed by atoms with van der Waals surface area (Å²) in [5, 5.41) is 11.6. The summed E-state index contributed by atoms with van der Waals surface area (Å²) >= 11 is 0. The molecular formula is C22H23F3N4O3. The number of piperazine rings is 1. The van der Waals surface area contributed by atoms with Crippen molar-refractivity contribution < 1.29 is 22.9 Å². The summed E-state index contributed by atoms with van der Waals surface area (Å²) in [5.74, 6) is -0.315. The smallest absolute Gasteiger partial charge is 0.368 e. The molecule has 1 amide bonds. The summed E-state index contributed by atoms with van der Waals surface area (Å²) < 4.78 is 39.0. The fourth-order valence-corrected chi connectivity index (χ4v) is 4.26. The number of hydrogen-bond acceptors (Lipinski definition) is 5. The molecule has 4 rings (SSSR count). The van der Waals surface area contributed by atoms with Crippen LogP contribution in [0, 0.1) is 10.1 Å². The Hall–Kier alpha value is -3.30. The molecule has 170 valence electrons. The van der Waals surface area contributed by atoms with Crippen LogP contribution in [0.4, 0.5) is 30.2 Å². The van der Waals surface area contributed by atoms with Crippen LogP contribution in [0.3, 0.4) is 0 Å². The van der Waals surface area contributed by atoms with E-state index in [1.165, 1.54) is 12.1 Å². The van der Waals surface area contributed by atoms with Crippen LogP contribution in [0.1, 0.15) is 28.8 Å². The molecule has 2 aromatic rings. The van der Waals surface area contributed by atoms with Gasteiger partial charge in [-0.05, 0) is 43.2 Å². The lowest BCUT2D eigenvalue weighted by atomic mass is 10.1. The molecule has 2 fully saturated rings. The monoisotopic (exact) mass is 448 g/mol. The van der Waals surface area contributed by atoms with Crippen molar-refractivity contribution in [1.82, 2.24) is 4.90 Å². The molecule has 0 spiro atoms. The predicted molar refractivity (Wildman–Crippen MR) is 114 cm³/mol. The molecule has 10 heteroatoms. The molecule has 0 saturated carbocycles. The summed E-state index contributed by atoms with van der Waals surface area (Å²) in [5.41, 5.74) is 0.433. The second-order valence-corrected chi connectivity index (χ2v) is 7.98. The van der Waals surface area contributed by atoms with Crippen molar-refractivity contribution in [3.8, 4) is 0 Å². The van der Waals surface area contributed by atoms with Gasteiger partial charge in [-0.25, -0.2) is 0 Å². The number of alkyl halides is 3. The zero-order valence-corrected chi connectivity index (χ0v) is 17.3. The van der Waals surface area contributed by atoms with Gasteiger partial charge in [-0.1, -0.05) is 6.07 Å². The van der Waals surface area contributed by atoms with E-state index in [2.05, 4.69) is 0 Å². The first-order chi connectivity index (χ1) is 15.2. The van der Waals surface area contributed by atoms with Gasteiger partial charge in [-0.15, -0.1) is 0 Å². The Morgan fingerprint density at radius 2 is 1.59 bits per heavy atom. The van der Waals surface area contributed by atoms with E-state index < -0.39 is 16.7 Å². The molecule has 0 atom stereocenters. The normalized spacial score (nSPS) is 17.0. The number of amides is 1. The molecule has 0 unspecified atom stereocenters. The van der Waals surface area contributed by atoms with Gasteiger partial charge in [-0.3, -0.25) is 14.9 Å². The Balaban J connectivity index is 1.46. The molecule has 0 aliphatic carbocycles. The van der Waals surface area contributed by atoms with Crippen molar-refractivity contribution in [3.63, 3.8) is 0 Å². The predicted octanol–water partition coefficient (Wildman–Crippen LogP) is 4.18. The Bertz CT molecular complexity index is 1010. The van der Waals surface area contributed by atoms with Crippen LogP contribution >= 0.6 is 0 Å². The van der Waals surface area contributed by atoms with Crippen LogP contribution in [0.2, 0.25) is 0 Å². The first kappa shape index (κ1) is 21.9. The van der Waals surface area contributed by atoms with Gasteiger partial charge >= 0.3 is 6.18 Å². The van der Waals surface area contributed by atoms with Gasteiger partial charge in [0.25, 0.3) is 11.6 Å². The number of carbonyl (C=O) groups is 1. The highest BCUT2D eigenvalue weighted by atomic mass is 19.4.